The van der Waals surface area contributed by atoms with Crippen LogP contribution < -0.4 is 14.2 Å². The zero-order chi connectivity index (χ0) is 26.5. The number of carboxylic acids is 1. The number of rotatable bonds is 8. The summed E-state index contributed by atoms with van der Waals surface area (Å²) in [6.07, 6.45) is 1.61. The summed E-state index contributed by atoms with van der Waals surface area (Å²) in [5.41, 5.74) is 3.34. The van der Waals surface area contributed by atoms with Gasteiger partial charge in [-0.2, -0.15) is 0 Å². The number of carboxylic acid groups (broad SMARTS) is 1. The molecule has 1 unspecified atom stereocenters. The quantitative estimate of drug-likeness (QED) is 0.350. The van der Waals surface area contributed by atoms with Gasteiger partial charge in [-0.1, -0.05) is 24.3 Å². The zero-order valence-corrected chi connectivity index (χ0v) is 20.7. The molecule has 0 bridgehead atoms. The molecular weight excluding hydrogens is 488 g/mol. The number of oxazole rings is 1. The van der Waals surface area contributed by atoms with Crippen LogP contribution in [0.4, 0.5) is 4.79 Å². The van der Waals surface area contributed by atoms with Crippen molar-refractivity contribution >= 4 is 12.1 Å². The molecule has 0 fully saturated rings. The number of methoxy groups -OCH3 is 1. The molecule has 5 rings (SSSR count). The van der Waals surface area contributed by atoms with Crippen molar-refractivity contribution in [2.75, 3.05) is 13.7 Å². The maximum absolute atomic E-state index is 12.9. The molecule has 0 saturated heterocycles. The lowest BCUT2D eigenvalue weighted by Gasteiger charge is -2.33. The summed E-state index contributed by atoms with van der Waals surface area (Å²) in [6.45, 7) is 0.461. The van der Waals surface area contributed by atoms with E-state index in [1.807, 2.05) is 42.5 Å². The number of hydrogen-bond acceptors (Lipinski definition) is 7. The molecule has 0 radical (unpaired) electrons. The molecule has 2 heterocycles. The van der Waals surface area contributed by atoms with Gasteiger partial charge in [0.15, 0.2) is 0 Å². The third-order valence-electron chi connectivity index (χ3n) is 6.29. The first-order chi connectivity index (χ1) is 18.5. The topological polar surface area (TPSA) is 111 Å². The summed E-state index contributed by atoms with van der Waals surface area (Å²) < 4.78 is 22.1. The standard InChI is InChI=1S/C29H26N2O7/c1-35-23-9-11-24(12-10-23)38-29(34)31-17-21-15-25(8-7-20(21)16-26(31)28(32)33)36-14-13-22-18-37-27(30-22)19-5-3-2-4-6-19/h2-12,15,18,26H,13-14,16-17H2,1H3,(H,32,33). The fourth-order valence-electron chi connectivity index (χ4n) is 4.27. The minimum absolute atomic E-state index is 0.0855. The summed E-state index contributed by atoms with van der Waals surface area (Å²) in [5.74, 6) is 1.00. The molecule has 3 aromatic carbocycles. The molecule has 194 valence electrons. The highest BCUT2D eigenvalue weighted by Crippen LogP contribution is 2.29. The highest BCUT2D eigenvalue weighted by atomic mass is 16.6. The van der Waals surface area contributed by atoms with Gasteiger partial charge in [-0.25, -0.2) is 14.6 Å². The van der Waals surface area contributed by atoms with Gasteiger partial charge in [0.05, 0.1) is 26.0 Å². The molecule has 1 aliphatic rings. The van der Waals surface area contributed by atoms with Crippen molar-refractivity contribution in [1.29, 1.82) is 0 Å². The van der Waals surface area contributed by atoms with E-state index >= 15 is 0 Å². The average molecular weight is 515 g/mol. The van der Waals surface area contributed by atoms with Crippen LogP contribution in [0, 0.1) is 0 Å². The van der Waals surface area contributed by atoms with Gasteiger partial charge < -0.3 is 23.7 Å². The molecule has 9 nitrogen and oxygen atoms in total. The number of nitrogens with zero attached hydrogens (tertiary/aromatic N) is 2. The Labute approximate surface area is 219 Å². The number of aliphatic carboxylic acids is 1. The summed E-state index contributed by atoms with van der Waals surface area (Å²) in [5, 5.41) is 9.77. The fraction of sp³-hybridized carbons (Fsp3) is 0.207. The molecule has 9 heteroatoms. The number of benzene rings is 3. The number of aromatic nitrogens is 1. The smallest absolute Gasteiger partial charge is 0.416 e. The average Bonchev–Trinajstić information content (AvgIpc) is 3.42. The predicted molar refractivity (Wildman–Crippen MR) is 137 cm³/mol. The summed E-state index contributed by atoms with van der Waals surface area (Å²) in [7, 11) is 1.54. The van der Waals surface area contributed by atoms with Crippen LogP contribution in [0.25, 0.3) is 11.5 Å². The van der Waals surface area contributed by atoms with Gasteiger partial charge in [-0.3, -0.25) is 4.90 Å². The highest BCUT2D eigenvalue weighted by molar-refractivity contribution is 5.82. The van der Waals surface area contributed by atoms with Crippen molar-refractivity contribution in [3.8, 4) is 28.7 Å². The SMILES string of the molecule is COc1ccc(OC(=O)N2Cc3cc(OCCc4coc(-c5ccccc5)n4)ccc3CC2C(=O)O)cc1. The van der Waals surface area contributed by atoms with Gasteiger partial charge in [-0.05, 0) is 59.7 Å². The molecule has 1 amide bonds. The molecule has 1 atom stereocenters. The van der Waals surface area contributed by atoms with Crippen molar-refractivity contribution < 1.29 is 33.3 Å². The maximum atomic E-state index is 12.9. The van der Waals surface area contributed by atoms with E-state index in [0.29, 0.717) is 36.2 Å². The Hall–Kier alpha value is -4.79. The molecule has 0 aliphatic carbocycles. The first-order valence-electron chi connectivity index (χ1n) is 12.1. The number of carbonyl (C=O) groups is 2. The Morgan fingerprint density at radius 3 is 2.47 bits per heavy atom. The zero-order valence-electron chi connectivity index (χ0n) is 20.7. The normalized spacial score (nSPS) is 14.4. The third kappa shape index (κ3) is 5.62. The second kappa shape index (κ2) is 11.1. The van der Waals surface area contributed by atoms with Gasteiger partial charge in [-0.15, -0.1) is 0 Å². The monoisotopic (exact) mass is 514 g/mol. The maximum Gasteiger partial charge on any atom is 0.416 e. The van der Waals surface area contributed by atoms with Crippen LogP contribution in [0.15, 0.2) is 83.5 Å². The Bertz CT molecular complexity index is 1420. The van der Waals surface area contributed by atoms with Crippen molar-refractivity contribution in [2.45, 2.75) is 25.4 Å². The number of hydrogen-bond donors (Lipinski definition) is 1. The van der Waals surface area contributed by atoms with Crippen LogP contribution in [-0.2, 0) is 24.2 Å². The fourth-order valence-corrected chi connectivity index (χ4v) is 4.27. The minimum atomic E-state index is -1.09. The second-order valence-corrected chi connectivity index (χ2v) is 8.77. The van der Waals surface area contributed by atoms with Gasteiger partial charge >= 0.3 is 12.1 Å². The molecule has 1 aliphatic heterocycles. The largest absolute Gasteiger partial charge is 0.497 e. The molecule has 4 aromatic rings. The predicted octanol–water partition coefficient (Wildman–Crippen LogP) is 4.98. The number of carbonyl (C=O) groups excluding carboxylic acids is 1. The first-order valence-corrected chi connectivity index (χ1v) is 12.1. The molecule has 1 N–H and O–H groups in total. The van der Waals surface area contributed by atoms with E-state index in [1.54, 1.807) is 36.6 Å². The molecule has 0 saturated carbocycles. The van der Waals surface area contributed by atoms with E-state index in [4.69, 9.17) is 18.6 Å². The Morgan fingerprint density at radius 2 is 1.74 bits per heavy atom. The van der Waals surface area contributed by atoms with Crippen LogP contribution in [0.5, 0.6) is 17.2 Å². The highest BCUT2D eigenvalue weighted by Gasteiger charge is 2.36. The van der Waals surface area contributed by atoms with Crippen molar-refractivity contribution in [3.05, 3.63) is 95.9 Å². The van der Waals surface area contributed by atoms with E-state index in [1.165, 1.54) is 12.0 Å². The Balaban J connectivity index is 1.23. The van der Waals surface area contributed by atoms with E-state index in [-0.39, 0.29) is 13.0 Å². The van der Waals surface area contributed by atoms with Gasteiger partial charge in [0.1, 0.15) is 29.6 Å². The van der Waals surface area contributed by atoms with Crippen LogP contribution >= 0.6 is 0 Å². The van der Waals surface area contributed by atoms with Crippen LogP contribution in [-0.4, -0.2) is 46.8 Å². The number of ether oxygens (including phenoxy) is 3. The molecule has 1 aromatic heterocycles. The summed E-state index contributed by atoms with van der Waals surface area (Å²) in [4.78, 5) is 30.6. The van der Waals surface area contributed by atoms with Crippen molar-refractivity contribution in [2.24, 2.45) is 0 Å². The van der Waals surface area contributed by atoms with Crippen LogP contribution in [0.3, 0.4) is 0 Å². The summed E-state index contributed by atoms with van der Waals surface area (Å²) in [6, 6.07) is 20.6. The molecular formula is C29H26N2O7. The van der Waals surface area contributed by atoms with Gasteiger partial charge in [0, 0.05) is 18.4 Å². The van der Waals surface area contributed by atoms with Crippen molar-refractivity contribution in [1.82, 2.24) is 9.88 Å². The third-order valence-corrected chi connectivity index (χ3v) is 6.29. The van der Waals surface area contributed by atoms with Crippen LogP contribution in [0.1, 0.15) is 16.8 Å². The minimum Gasteiger partial charge on any atom is -0.497 e. The lowest BCUT2D eigenvalue weighted by molar-refractivity contribution is -0.143. The van der Waals surface area contributed by atoms with Gasteiger partial charge in [0.2, 0.25) is 5.89 Å². The van der Waals surface area contributed by atoms with Crippen molar-refractivity contribution in [3.63, 3.8) is 0 Å². The Kier molecular flexibility index (Phi) is 7.26. The van der Waals surface area contributed by atoms with Gasteiger partial charge in [0.25, 0.3) is 0 Å². The first kappa shape index (κ1) is 24.9. The van der Waals surface area contributed by atoms with E-state index < -0.39 is 18.1 Å². The Morgan fingerprint density at radius 1 is 1.00 bits per heavy atom. The van der Waals surface area contributed by atoms with E-state index in [2.05, 4.69) is 4.98 Å². The number of amides is 1. The van der Waals surface area contributed by atoms with Crippen LogP contribution in [0.2, 0.25) is 0 Å². The molecule has 38 heavy (non-hydrogen) atoms. The molecule has 0 spiro atoms. The lowest BCUT2D eigenvalue weighted by atomic mass is 9.94. The lowest BCUT2D eigenvalue weighted by Crippen LogP contribution is -2.49. The van der Waals surface area contributed by atoms with E-state index in [9.17, 15) is 14.7 Å². The van der Waals surface area contributed by atoms with E-state index in [0.717, 1.165) is 22.4 Å². The summed E-state index contributed by atoms with van der Waals surface area (Å²) >= 11 is 0. The second-order valence-electron chi connectivity index (χ2n) is 8.77. The number of fused-ring (bicyclic) bond motifs is 1.